The number of hydrogen-bond acceptors (Lipinski definition) is 2. The van der Waals surface area contributed by atoms with Crippen LogP contribution >= 0.6 is 0 Å². The third kappa shape index (κ3) is 2.24. The van der Waals surface area contributed by atoms with E-state index in [1.807, 2.05) is 34.9 Å². The maximum absolute atomic E-state index is 12.2. The molecule has 0 aliphatic rings. The van der Waals surface area contributed by atoms with Crippen LogP contribution in [0.5, 0.6) is 0 Å². The summed E-state index contributed by atoms with van der Waals surface area (Å²) >= 11 is 0. The van der Waals surface area contributed by atoms with E-state index >= 15 is 0 Å². The number of aryl methyl sites for hydroxylation is 1. The number of unbranched alkanes of at least 4 members (excludes halogenated alkanes) is 1. The minimum atomic E-state index is 0.0552. The minimum Gasteiger partial charge on any atom is -0.326 e. The molecular formula is C14H18N2O. The van der Waals surface area contributed by atoms with E-state index in [9.17, 15) is 4.79 Å². The van der Waals surface area contributed by atoms with Crippen LogP contribution in [0.1, 0.15) is 25.3 Å². The van der Waals surface area contributed by atoms with E-state index in [0.29, 0.717) is 12.1 Å². The minimum absolute atomic E-state index is 0.0552. The standard InChI is InChI=1S/C14H18N2O/c1-2-3-8-16-13-7-5-4-6-11(13)9-12(10-15)14(16)17/h4-7,9H,2-3,8,10,15H2,1H3. The summed E-state index contributed by atoms with van der Waals surface area (Å²) in [5.74, 6) is 0. The van der Waals surface area contributed by atoms with Crippen molar-refractivity contribution < 1.29 is 0 Å². The largest absolute Gasteiger partial charge is 0.326 e. The van der Waals surface area contributed by atoms with E-state index in [1.54, 1.807) is 0 Å². The van der Waals surface area contributed by atoms with Gasteiger partial charge in [-0.15, -0.1) is 0 Å². The molecule has 3 heteroatoms. The van der Waals surface area contributed by atoms with Gasteiger partial charge in [-0.2, -0.15) is 0 Å². The summed E-state index contributed by atoms with van der Waals surface area (Å²) in [6.07, 6.45) is 2.09. The molecule has 1 aromatic carbocycles. The Labute approximate surface area is 101 Å². The molecule has 17 heavy (non-hydrogen) atoms. The molecule has 0 aliphatic carbocycles. The Balaban J connectivity index is 2.66. The van der Waals surface area contributed by atoms with Gasteiger partial charge in [0.1, 0.15) is 0 Å². The molecule has 3 nitrogen and oxygen atoms in total. The highest BCUT2D eigenvalue weighted by Gasteiger charge is 2.07. The third-order valence-corrected chi connectivity index (χ3v) is 3.03. The average Bonchev–Trinajstić information content (AvgIpc) is 2.37. The van der Waals surface area contributed by atoms with Crippen molar-refractivity contribution in [2.24, 2.45) is 5.73 Å². The number of benzene rings is 1. The quantitative estimate of drug-likeness (QED) is 0.875. The summed E-state index contributed by atoms with van der Waals surface area (Å²) in [4.78, 5) is 12.2. The smallest absolute Gasteiger partial charge is 0.255 e. The number of hydrogen-bond donors (Lipinski definition) is 1. The van der Waals surface area contributed by atoms with Gasteiger partial charge in [-0.1, -0.05) is 31.5 Å². The van der Waals surface area contributed by atoms with Gasteiger partial charge in [0.15, 0.2) is 0 Å². The molecule has 0 amide bonds. The highest BCUT2D eigenvalue weighted by atomic mass is 16.1. The SMILES string of the molecule is CCCCn1c(=O)c(CN)cc2ccccc21. The summed E-state index contributed by atoms with van der Waals surface area (Å²) in [5.41, 5.74) is 7.38. The van der Waals surface area contributed by atoms with Crippen molar-refractivity contribution in [2.45, 2.75) is 32.9 Å². The number of pyridine rings is 1. The fourth-order valence-corrected chi connectivity index (χ4v) is 2.07. The van der Waals surface area contributed by atoms with Gasteiger partial charge < -0.3 is 10.3 Å². The number of aromatic nitrogens is 1. The molecular weight excluding hydrogens is 212 g/mol. The van der Waals surface area contributed by atoms with Gasteiger partial charge in [0.25, 0.3) is 5.56 Å². The predicted molar refractivity (Wildman–Crippen MR) is 71.0 cm³/mol. The Kier molecular flexibility index (Phi) is 3.59. The first-order valence-electron chi connectivity index (χ1n) is 6.09. The predicted octanol–water partition coefficient (Wildman–Crippen LogP) is 2.26. The van der Waals surface area contributed by atoms with Crippen molar-refractivity contribution in [3.63, 3.8) is 0 Å². The molecule has 0 bridgehead atoms. The van der Waals surface area contributed by atoms with Crippen LogP contribution in [0, 0.1) is 0 Å². The van der Waals surface area contributed by atoms with E-state index in [-0.39, 0.29) is 5.56 Å². The second-order valence-electron chi connectivity index (χ2n) is 4.24. The Hall–Kier alpha value is -1.61. The van der Waals surface area contributed by atoms with E-state index < -0.39 is 0 Å². The van der Waals surface area contributed by atoms with Gasteiger partial charge in [0.05, 0.1) is 5.52 Å². The first-order valence-corrected chi connectivity index (χ1v) is 6.09. The van der Waals surface area contributed by atoms with Crippen LogP contribution < -0.4 is 11.3 Å². The number of nitrogens with two attached hydrogens (primary N) is 1. The van der Waals surface area contributed by atoms with Crippen molar-refractivity contribution in [1.82, 2.24) is 4.57 Å². The first-order chi connectivity index (χ1) is 8.27. The average molecular weight is 230 g/mol. The second-order valence-corrected chi connectivity index (χ2v) is 4.24. The molecule has 2 rings (SSSR count). The van der Waals surface area contributed by atoms with Crippen molar-refractivity contribution in [3.8, 4) is 0 Å². The van der Waals surface area contributed by atoms with E-state index in [4.69, 9.17) is 5.73 Å². The molecule has 0 aliphatic heterocycles. The van der Waals surface area contributed by atoms with Gasteiger partial charge in [-0.05, 0) is 23.9 Å². The normalized spacial score (nSPS) is 10.9. The van der Waals surface area contributed by atoms with Crippen molar-refractivity contribution in [2.75, 3.05) is 0 Å². The van der Waals surface area contributed by atoms with Crippen LogP contribution in [-0.2, 0) is 13.1 Å². The zero-order valence-corrected chi connectivity index (χ0v) is 10.1. The lowest BCUT2D eigenvalue weighted by Gasteiger charge is -2.11. The van der Waals surface area contributed by atoms with E-state index in [1.165, 1.54) is 0 Å². The van der Waals surface area contributed by atoms with Crippen LogP contribution in [-0.4, -0.2) is 4.57 Å². The fourth-order valence-electron chi connectivity index (χ4n) is 2.07. The highest BCUT2D eigenvalue weighted by molar-refractivity contribution is 5.79. The molecule has 0 saturated carbocycles. The maximum Gasteiger partial charge on any atom is 0.255 e. The Morgan fingerprint density at radius 3 is 2.76 bits per heavy atom. The van der Waals surface area contributed by atoms with Crippen molar-refractivity contribution in [1.29, 1.82) is 0 Å². The fraction of sp³-hybridized carbons (Fsp3) is 0.357. The molecule has 0 radical (unpaired) electrons. The number of para-hydroxylation sites is 1. The molecule has 1 heterocycles. The summed E-state index contributed by atoms with van der Waals surface area (Å²) in [6.45, 7) is 3.19. The molecule has 0 unspecified atom stereocenters. The first kappa shape index (κ1) is 11.9. The topological polar surface area (TPSA) is 48.0 Å². The van der Waals surface area contributed by atoms with Gasteiger partial charge >= 0.3 is 0 Å². The Morgan fingerprint density at radius 1 is 1.29 bits per heavy atom. The van der Waals surface area contributed by atoms with Gasteiger partial charge in [0, 0.05) is 18.7 Å². The molecule has 90 valence electrons. The molecule has 2 N–H and O–H groups in total. The van der Waals surface area contributed by atoms with Gasteiger partial charge in [-0.25, -0.2) is 0 Å². The summed E-state index contributed by atoms with van der Waals surface area (Å²) in [7, 11) is 0. The lowest BCUT2D eigenvalue weighted by atomic mass is 10.1. The maximum atomic E-state index is 12.2. The monoisotopic (exact) mass is 230 g/mol. The van der Waals surface area contributed by atoms with Gasteiger partial charge in [0.2, 0.25) is 0 Å². The number of fused-ring (bicyclic) bond motifs is 1. The summed E-state index contributed by atoms with van der Waals surface area (Å²) in [5, 5.41) is 1.09. The van der Waals surface area contributed by atoms with E-state index in [0.717, 1.165) is 30.3 Å². The molecule has 2 aromatic rings. The van der Waals surface area contributed by atoms with Crippen LogP contribution in [0.25, 0.3) is 10.9 Å². The second kappa shape index (κ2) is 5.15. The lowest BCUT2D eigenvalue weighted by molar-refractivity contribution is 0.627. The number of rotatable bonds is 4. The molecule has 1 aromatic heterocycles. The van der Waals surface area contributed by atoms with Crippen molar-refractivity contribution in [3.05, 3.63) is 46.2 Å². The van der Waals surface area contributed by atoms with Crippen LogP contribution in [0.4, 0.5) is 0 Å². The molecule has 0 saturated heterocycles. The van der Waals surface area contributed by atoms with E-state index in [2.05, 4.69) is 6.92 Å². The molecule has 0 atom stereocenters. The van der Waals surface area contributed by atoms with Crippen LogP contribution in [0.15, 0.2) is 35.1 Å². The van der Waals surface area contributed by atoms with Crippen LogP contribution in [0.2, 0.25) is 0 Å². The molecule has 0 spiro atoms. The summed E-state index contributed by atoms with van der Waals surface area (Å²) in [6, 6.07) is 9.87. The zero-order chi connectivity index (χ0) is 12.3. The Bertz CT molecular complexity index is 572. The van der Waals surface area contributed by atoms with Crippen LogP contribution in [0.3, 0.4) is 0 Å². The Morgan fingerprint density at radius 2 is 2.06 bits per heavy atom. The van der Waals surface area contributed by atoms with Crippen molar-refractivity contribution >= 4 is 10.9 Å². The molecule has 0 fully saturated rings. The zero-order valence-electron chi connectivity index (χ0n) is 10.1. The lowest BCUT2D eigenvalue weighted by Crippen LogP contribution is -2.25. The summed E-state index contributed by atoms with van der Waals surface area (Å²) < 4.78 is 1.85. The van der Waals surface area contributed by atoms with Gasteiger partial charge in [-0.3, -0.25) is 4.79 Å². The highest BCUT2D eigenvalue weighted by Crippen LogP contribution is 2.13. The third-order valence-electron chi connectivity index (χ3n) is 3.03. The number of nitrogens with zero attached hydrogens (tertiary/aromatic N) is 1.